The second-order valence-electron chi connectivity index (χ2n) is 5.23. The highest BCUT2D eigenvalue weighted by Crippen LogP contribution is 2.29. The first-order valence-corrected chi connectivity index (χ1v) is 7.28. The van der Waals surface area contributed by atoms with Crippen LogP contribution in [0, 0.1) is 11.6 Å². The van der Waals surface area contributed by atoms with Gasteiger partial charge in [0.2, 0.25) is 0 Å². The van der Waals surface area contributed by atoms with E-state index in [1.165, 1.54) is 24.3 Å². The molecule has 0 aliphatic carbocycles. The molecule has 0 bridgehead atoms. The molecule has 0 saturated carbocycles. The van der Waals surface area contributed by atoms with Crippen LogP contribution in [0.1, 0.15) is 5.56 Å². The van der Waals surface area contributed by atoms with E-state index in [4.69, 9.17) is 5.11 Å². The van der Waals surface area contributed by atoms with Gasteiger partial charge in [-0.15, -0.1) is 0 Å². The quantitative estimate of drug-likeness (QED) is 0.777. The zero-order valence-electron chi connectivity index (χ0n) is 12.5. The largest absolute Gasteiger partial charge is 0.481 e. The third-order valence-corrected chi connectivity index (χ3v) is 3.60. The molecule has 120 valence electrons. The van der Waals surface area contributed by atoms with Crippen molar-refractivity contribution in [2.45, 2.75) is 6.42 Å². The van der Waals surface area contributed by atoms with Crippen LogP contribution < -0.4 is 0 Å². The number of aliphatic carboxylic acids is 1. The summed E-state index contributed by atoms with van der Waals surface area (Å²) in [6.45, 7) is 0. The van der Waals surface area contributed by atoms with E-state index in [0.717, 1.165) is 0 Å². The maximum atomic E-state index is 14.1. The highest BCUT2D eigenvalue weighted by Gasteiger charge is 2.16. The summed E-state index contributed by atoms with van der Waals surface area (Å²) in [6, 6.07) is 15.2. The van der Waals surface area contributed by atoms with Gasteiger partial charge in [-0.1, -0.05) is 30.3 Å². The van der Waals surface area contributed by atoms with Gasteiger partial charge in [-0.05, 0) is 35.9 Å². The van der Waals surface area contributed by atoms with Crippen molar-refractivity contribution in [2.75, 3.05) is 0 Å². The topological polar surface area (TPSA) is 50.2 Å². The second kappa shape index (κ2) is 6.58. The van der Waals surface area contributed by atoms with E-state index in [2.05, 4.69) is 4.98 Å². The normalized spacial score (nSPS) is 10.6. The van der Waals surface area contributed by atoms with Gasteiger partial charge >= 0.3 is 5.97 Å². The number of hydrogen-bond acceptors (Lipinski definition) is 2. The number of carboxylic acids is 1. The third kappa shape index (κ3) is 3.15. The summed E-state index contributed by atoms with van der Waals surface area (Å²) in [5.74, 6) is -2.01. The lowest BCUT2D eigenvalue weighted by atomic mass is 10.0. The van der Waals surface area contributed by atoms with Crippen molar-refractivity contribution in [3.8, 4) is 22.5 Å². The summed E-state index contributed by atoms with van der Waals surface area (Å²) >= 11 is 0. The zero-order chi connectivity index (χ0) is 17.1. The van der Waals surface area contributed by atoms with E-state index in [0.29, 0.717) is 11.3 Å². The minimum absolute atomic E-state index is 0.187. The molecule has 1 N–H and O–H groups in total. The second-order valence-corrected chi connectivity index (χ2v) is 5.23. The minimum Gasteiger partial charge on any atom is -0.481 e. The van der Waals surface area contributed by atoms with Gasteiger partial charge < -0.3 is 5.11 Å². The molecule has 1 aromatic heterocycles. The predicted molar refractivity (Wildman–Crippen MR) is 86.4 cm³/mol. The first-order chi connectivity index (χ1) is 11.6. The Bertz CT molecular complexity index is 909. The van der Waals surface area contributed by atoms with Crippen LogP contribution in [0.5, 0.6) is 0 Å². The summed E-state index contributed by atoms with van der Waals surface area (Å²) < 4.78 is 28.1. The monoisotopic (exact) mass is 325 g/mol. The van der Waals surface area contributed by atoms with Gasteiger partial charge in [0.25, 0.3) is 0 Å². The van der Waals surface area contributed by atoms with Crippen LogP contribution in [0.4, 0.5) is 8.78 Å². The van der Waals surface area contributed by atoms with Crippen molar-refractivity contribution < 1.29 is 18.7 Å². The number of nitrogens with zero attached hydrogens (tertiary/aromatic N) is 1. The number of pyridine rings is 1. The van der Waals surface area contributed by atoms with Crippen molar-refractivity contribution in [1.82, 2.24) is 4.98 Å². The summed E-state index contributed by atoms with van der Waals surface area (Å²) in [5.41, 5.74) is 1.35. The molecule has 0 spiro atoms. The number of carbonyl (C=O) groups is 1. The van der Waals surface area contributed by atoms with Crippen molar-refractivity contribution in [1.29, 1.82) is 0 Å². The van der Waals surface area contributed by atoms with Crippen LogP contribution in [0.15, 0.2) is 60.7 Å². The Hall–Kier alpha value is -3.08. The fraction of sp³-hybridized carbons (Fsp3) is 0.0526. The van der Waals surface area contributed by atoms with Gasteiger partial charge in [-0.3, -0.25) is 4.79 Å². The molecular formula is C19H13F2NO2. The van der Waals surface area contributed by atoms with Crippen molar-refractivity contribution in [3.63, 3.8) is 0 Å². The number of halogens is 2. The average Bonchev–Trinajstić information content (AvgIpc) is 2.56. The maximum Gasteiger partial charge on any atom is 0.307 e. The lowest BCUT2D eigenvalue weighted by Crippen LogP contribution is -2.05. The molecule has 1 heterocycles. The Morgan fingerprint density at radius 3 is 2.04 bits per heavy atom. The molecular weight excluding hydrogens is 312 g/mol. The molecule has 0 amide bonds. The van der Waals surface area contributed by atoms with Crippen molar-refractivity contribution in [3.05, 3.63) is 77.9 Å². The molecule has 3 nitrogen and oxygen atoms in total. The lowest BCUT2D eigenvalue weighted by Gasteiger charge is -2.11. The van der Waals surface area contributed by atoms with E-state index in [9.17, 15) is 13.6 Å². The fourth-order valence-corrected chi connectivity index (χ4v) is 2.50. The first-order valence-electron chi connectivity index (χ1n) is 7.28. The smallest absolute Gasteiger partial charge is 0.307 e. The maximum absolute atomic E-state index is 14.1. The predicted octanol–water partition coefficient (Wildman–Crippen LogP) is 4.32. The molecule has 0 fully saturated rings. The molecule has 3 rings (SSSR count). The van der Waals surface area contributed by atoms with E-state index < -0.39 is 17.6 Å². The molecule has 0 aliphatic heterocycles. The Balaban J connectivity index is 2.20. The molecule has 0 aliphatic rings. The summed E-state index contributed by atoms with van der Waals surface area (Å²) in [7, 11) is 0. The first kappa shape index (κ1) is 15.8. The van der Waals surface area contributed by atoms with E-state index in [-0.39, 0.29) is 23.2 Å². The van der Waals surface area contributed by atoms with E-state index >= 15 is 0 Å². The van der Waals surface area contributed by atoms with E-state index in [1.807, 2.05) is 0 Å². The van der Waals surface area contributed by atoms with Gasteiger partial charge in [0.15, 0.2) is 0 Å². The van der Waals surface area contributed by atoms with Crippen LogP contribution in [-0.4, -0.2) is 16.1 Å². The third-order valence-electron chi connectivity index (χ3n) is 3.60. The lowest BCUT2D eigenvalue weighted by molar-refractivity contribution is -0.136. The Labute approximate surface area is 137 Å². The van der Waals surface area contributed by atoms with Crippen LogP contribution in [0.25, 0.3) is 22.5 Å². The van der Waals surface area contributed by atoms with Crippen LogP contribution in [0.3, 0.4) is 0 Å². The number of carboxylic acid groups (broad SMARTS) is 1. The molecule has 0 unspecified atom stereocenters. The summed E-state index contributed by atoms with van der Waals surface area (Å²) in [5, 5.41) is 9.06. The highest BCUT2D eigenvalue weighted by molar-refractivity contribution is 5.76. The van der Waals surface area contributed by atoms with Gasteiger partial charge in [-0.2, -0.15) is 0 Å². The number of hydrogen-bond donors (Lipinski definition) is 1. The molecule has 0 radical (unpaired) electrons. The van der Waals surface area contributed by atoms with E-state index in [1.54, 1.807) is 36.4 Å². The zero-order valence-corrected chi connectivity index (χ0v) is 12.5. The fourth-order valence-electron chi connectivity index (χ4n) is 2.50. The summed E-state index contributed by atoms with van der Waals surface area (Å²) in [4.78, 5) is 15.4. The molecule has 2 aromatic carbocycles. The van der Waals surface area contributed by atoms with Crippen molar-refractivity contribution >= 4 is 5.97 Å². The van der Waals surface area contributed by atoms with Gasteiger partial charge in [0.05, 0.1) is 17.8 Å². The van der Waals surface area contributed by atoms with Gasteiger partial charge in [-0.25, -0.2) is 13.8 Å². The van der Waals surface area contributed by atoms with Crippen molar-refractivity contribution in [2.24, 2.45) is 0 Å². The minimum atomic E-state index is -1.05. The molecule has 0 atom stereocenters. The van der Waals surface area contributed by atoms with Gasteiger partial charge in [0, 0.05) is 11.1 Å². The number of benzene rings is 2. The number of aromatic nitrogens is 1. The molecule has 24 heavy (non-hydrogen) atoms. The van der Waals surface area contributed by atoms with Gasteiger partial charge in [0.1, 0.15) is 11.6 Å². The summed E-state index contributed by atoms with van der Waals surface area (Å²) in [6.07, 6.45) is -0.297. The highest BCUT2D eigenvalue weighted by atomic mass is 19.1. The molecule has 3 aromatic rings. The Morgan fingerprint density at radius 1 is 0.875 bits per heavy atom. The van der Waals surface area contributed by atoms with Crippen LogP contribution >= 0.6 is 0 Å². The molecule has 0 saturated heterocycles. The molecule has 5 heteroatoms. The van der Waals surface area contributed by atoms with Crippen LogP contribution in [-0.2, 0) is 11.2 Å². The Kier molecular flexibility index (Phi) is 4.33. The Morgan fingerprint density at radius 2 is 1.46 bits per heavy atom. The standard InChI is InChI=1S/C19H13F2NO2/c20-15-7-3-1-5-13(15)17-10-9-12(11-18(23)24)19(22-17)14-6-2-4-8-16(14)21/h1-10H,11H2,(H,23,24). The average molecular weight is 325 g/mol. The SMILES string of the molecule is O=C(O)Cc1ccc(-c2ccccc2F)nc1-c1ccccc1F. The number of rotatable bonds is 4. The van der Waals surface area contributed by atoms with Crippen LogP contribution in [0.2, 0.25) is 0 Å².